The van der Waals surface area contributed by atoms with Crippen molar-refractivity contribution in [1.82, 2.24) is 0 Å². The number of rotatable bonds is 5. The third-order valence-corrected chi connectivity index (χ3v) is 19.0. The van der Waals surface area contributed by atoms with Crippen LogP contribution >= 0.6 is 27.5 Å². The molecule has 5 nitrogen and oxygen atoms in total. The van der Waals surface area contributed by atoms with Crippen molar-refractivity contribution in [2.24, 2.45) is 0 Å². The van der Waals surface area contributed by atoms with Crippen molar-refractivity contribution in [3.63, 3.8) is 0 Å². The van der Waals surface area contributed by atoms with E-state index in [9.17, 15) is 4.79 Å². The van der Waals surface area contributed by atoms with Crippen LogP contribution in [-0.2, 0) is 15.7 Å². The molecule has 0 N–H and O–H groups in total. The Labute approximate surface area is 265 Å². The maximum absolute atomic E-state index is 13.4. The van der Waals surface area contributed by atoms with Crippen LogP contribution in [0, 0.1) is 0 Å². The van der Waals surface area contributed by atoms with E-state index in [1.165, 1.54) is 0 Å². The molecule has 0 fully saturated rings. The molecule has 0 aromatic heterocycles. The van der Waals surface area contributed by atoms with Crippen LogP contribution in [0.3, 0.4) is 0 Å². The van der Waals surface area contributed by atoms with Crippen LogP contribution in [0.5, 0.6) is 23.0 Å². The monoisotopic (exact) mass is 686 g/mol. The molecule has 42 heavy (non-hydrogen) atoms. The van der Waals surface area contributed by atoms with E-state index in [4.69, 9.17) is 29.9 Å². The van der Waals surface area contributed by atoms with E-state index in [0.29, 0.717) is 38.7 Å². The van der Waals surface area contributed by atoms with Crippen molar-refractivity contribution in [3.05, 3.63) is 81.4 Å². The summed E-state index contributed by atoms with van der Waals surface area (Å²) in [5.41, 5.74) is 2.32. The Morgan fingerprint density at radius 3 is 2.02 bits per heavy atom. The zero-order chi connectivity index (χ0) is 31.0. The van der Waals surface area contributed by atoms with Crippen molar-refractivity contribution >= 4 is 50.1 Å². The van der Waals surface area contributed by atoms with Gasteiger partial charge >= 0.3 is 5.97 Å². The molecule has 3 aromatic carbocycles. The van der Waals surface area contributed by atoms with Gasteiger partial charge in [0.1, 0.15) is 23.0 Å². The number of benzene rings is 3. The molecular weight excluding hydrogens is 648 g/mol. The van der Waals surface area contributed by atoms with Gasteiger partial charge in [-0.25, -0.2) is 4.79 Å². The molecule has 224 valence electrons. The average molecular weight is 688 g/mol. The van der Waals surface area contributed by atoms with E-state index in [2.05, 4.69) is 83.7 Å². The highest BCUT2D eigenvalue weighted by molar-refractivity contribution is 9.08. The fraction of sp³-hybridized carbons (Fsp3) is 0.424. The maximum Gasteiger partial charge on any atom is 0.340 e. The Kier molecular flexibility index (Phi) is 7.53. The normalized spacial score (nSPS) is 18.1. The summed E-state index contributed by atoms with van der Waals surface area (Å²) in [6.07, 6.45) is 0. The van der Waals surface area contributed by atoms with Crippen LogP contribution in [-0.4, -0.2) is 22.6 Å². The number of carbonyl (C=O) groups excluding carboxylic acids is 1. The van der Waals surface area contributed by atoms with E-state index in [0.717, 1.165) is 22.4 Å². The van der Waals surface area contributed by atoms with Gasteiger partial charge in [-0.1, -0.05) is 87.3 Å². The lowest BCUT2D eigenvalue weighted by Crippen LogP contribution is -2.44. The summed E-state index contributed by atoms with van der Waals surface area (Å²) in [4.78, 5) is 13.4. The fourth-order valence-corrected chi connectivity index (χ4v) is 7.80. The molecule has 0 radical (unpaired) electrons. The summed E-state index contributed by atoms with van der Waals surface area (Å²) in [6.45, 7) is 22.0. The first-order valence-corrected chi connectivity index (χ1v) is 21.6. The van der Waals surface area contributed by atoms with Gasteiger partial charge < -0.3 is 18.3 Å². The van der Waals surface area contributed by atoms with Crippen LogP contribution in [0.2, 0.25) is 41.3 Å². The number of esters is 1. The van der Waals surface area contributed by atoms with Crippen LogP contribution in [0.1, 0.15) is 74.2 Å². The fourth-order valence-electron chi connectivity index (χ4n) is 4.93. The summed E-state index contributed by atoms with van der Waals surface area (Å²) in [7, 11) is -4.40. The SMILES string of the molecule is CC(C)(C)[Si](C)(C)Oc1cc2c(cc1Cl)C1(OC(=O)c3ccccc31)c1ccc(O[Si](C)(C)C(C)(C)C)c(CBr)c1O2. The number of ether oxygens (including phenoxy) is 2. The highest BCUT2D eigenvalue weighted by Crippen LogP contribution is 2.59. The van der Waals surface area contributed by atoms with Crippen molar-refractivity contribution in [2.45, 2.75) is 88.7 Å². The first kappa shape index (κ1) is 31.2. The van der Waals surface area contributed by atoms with Gasteiger partial charge in [0.2, 0.25) is 8.32 Å². The minimum atomic E-state index is -2.22. The Hall–Kier alpha value is -2.27. The first-order chi connectivity index (χ1) is 19.3. The van der Waals surface area contributed by atoms with Crippen molar-refractivity contribution < 1.29 is 23.1 Å². The molecule has 0 bridgehead atoms. The summed E-state index contributed by atoms with van der Waals surface area (Å²) in [5.74, 6) is 2.09. The molecule has 0 amide bonds. The second-order valence-corrected chi connectivity index (χ2v) is 24.7. The van der Waals surface area contributed by atoms with Crippen LogP contribution < -0.4 is 13.6 Å². The molecule has 3 aromatic rings. The largest absolute Gasteiger partial charge is 0.543 e. The minimum absolute atomic E-state index is 0.00776. The number of fused-ring (bicyclic) bond motifs is 6. The molecule has 2 aliphatic rings. The molecule has 9 heteroatoms. The van der Waals surface area contributed by atoms with E-state index in [1.54, 1.807) is 6.07 Å². The van der Waals surface area contributed by atoms with Gasteiger partial charge in [-0.3, -0.25) is 0 Å². The van der Waals surface area contributed by atoms with Gasteiger partial charge in [0.25, 0.3) is 8.32 Å². The van der Waals surface area contributed by atoms with Gasteiger partial charge in [0.15, 0.2) is 5.60 Å². The standard InChI is InChI=1S/C33H40BrClO5Si2/c1-31(2,3)41(7,8)39-26-16-15-23-29(21(26)19-34)37-27-18-28(40-42(9,10)32(4,5)6)25(35)17-24(27)33(23)22-14-12-11-13-20(22)30(36)38-33/h11-18H,19H2,1-10H3. The summed E-state index contributed by atoms with van der Waals surface area (Å²) in [5, 5.41) is 0.916. The van der Waals surface area contributed by atoms with E-state index >= 15 is 0 Å². The lowest BCUT2D eigenvalue weighted by atomic mass is 9.77. The Morgan fingerprint density at radius 1 is 0.833 bits per heavy atom. The molecular formula is C33H40BrClO5Si2. The molecule has 1 spiro atoms. The van der Waals surface area contributed by atoms with Gasteiger partial charge in [0, 0.05) is 33.7 Å². The number of alkyl halides is 1. The Morgan fingerprint density at radius 2 is 1.43 bits per heavy atom. The second-order valence-electron chi connectivity index (χ2n) is 14.3. The topological polar surface area (TPSA) is 54.0 Å². The van der Waals surface area contributed by atoms with Crippen molar-refractivity contribution in [3.8, 4) is 23.0 Å². The Bertz CT molecular complexity index is 1590. The maximum atomic E-state index is 13.4. The number of hydrogen-bond donors (Lipinski definition) is 0. The second kappa shape index (κ2) is 10.1. The lowest BCUT2D eigenvalue weighted by Gasteiger charge is -2.40. The first-order valence-electron chi connectivity index (χ1n) is 14.3. The summed E-state index contributed by atoms with van der Waals surface area (Å²) < 4.78 is 26.6. The summed E-state index contributed by atoms with van der Waals surface area (Å²) in [6, 6.07) is 15.2. The highest BCUT2D eigenvalue weighted by atomic mass is 79.9. The van der Waals surface area contributed by atoms with Crippen molar-refractivity contribution in [1.29, 1.82) is 0 Å². The molecule has 2 aliphatic heterocycles. The smallest absolute Gasteiger partial charge is 0.340 e. The number of halogens is 2. The minimum Gasteiger partial charge on any atom is -0.543 e. The third-order valence-electron chi connectivity index (χ3n) is 9.47. The molecule has 1 unspecified atom stereocenters. The van der Waals surface area contributed by atoms with Crippen LogP contribution in [0.15, 0.2) is 48.5 Å². The molecule has 0 saturated carbocycles. The Balaban J connectivity index is 1.77. The predicted molar refractivity (Wildman–Crippen MR) is 178 cm³/mol. The van der Waals surface area contributed by atoms with E-state index in [-0.39, 0.29) is 16.0 Å². The lowest BCUT2D eigenvalue weighted by molar-refractivity contribution is 0.0223. The average Bonchev–Trinajstić information content (AvgIpc) is 3.16. The zero-order valence-electron chi connectivity index (χ0n) is 26.1. The van der Waals surface area contributed by atoms with Gasteiger partial charge in [-0.15, -0.1) is 0 Å². The van der Waals surface area contributed by atoms with Gasteiger partial charge in [-0.2, -0.15) is 0 Å². The molecule has 1 atom stereocenters. The van der Waals surface area contributed by atoms with Crippen LogP contribution in [0.25, 0.3) is 0 Å². The van der Waals surface area contributed by atoms with Crippen LogP contribution in [0.4, 0.5) is 0 Å². The predicted octanol–water partition coefficient (Wildman–Crippen LogP) is 10.6. The number of hydrogen-bond acceptors (Lipinski definition) is 5. The zero-order valence-corrected chi connectivity index (χ0v) is 30.5. The van der Waals surface area contributed by atoms with Crippen molar-refractivity contribution in [2.75, 3.05) is 0 Å². The third kappa shape index (κ3) is 4.82. The van der Waals surface area contributed by atoms with E-state index in [1.807, 2.05) is 42.5 Å². The highest BCUT2D eigenvalue weighted by Gasteiger charge is 2.55. The quantitative estimate of drug-likeness (QED) is 0.152. The molecule has 2 heterocycles. The van der Waals surface area contributed by atoms with E-state index < -0.39 is 22.2 Å². The summed E-state index contributed by atoms with van der Waals surface area (Å²) >= 11 is 10.7. The molecule has 0 saturated heterocycles. The molecule has 5 rings (SSSR count). The van der Waals surface area contributed by atoms with Gasteiger partial charge in [0.05, 0.1) is 10.6 Å². The molecule has 0 aliphatic carbocycles. The number of carbonyl (C=O) groups is 1. The van der Waals surface area contributed by atoms with Gasteiger partial charge in [-0.05, 0) is 60.5 Å².